The molecule has 1 aliphatic rings. The molecule has 0 radical (unpaired) electrons. The van der Waals surface area contributed by atoms with Gasteiger partial charge < -0.3 is 0 Å². The zero-order valence-electron chi connectivity index (χ0n) is 19.9. The number of fused-ring (bicyclic) bond motifs is 2. The summed E-state index contributed by atoms with van der Waals surface area (Å²) in [5.74, 6) is 0. The van der Waals surface area contributed by atoms with E-state index in [9.17, 15) is 0 Å². The van der Waals surface area contributed by atoms with Crippen LogP contribution in [-0.2, 0) is 0 Å². The number of para-hydroxylation sites is 2. The molecule has 3 aromatic rings. The van der Waals surface area contributed by atoms with Crippen molar-refractivity contribution in [2.45, 2.75) is 72.6 Å². The molecule has 1 aromatic heterocycles. The fourth-order valence-electron chi connectivity index (χ4n) is 4.97. The van der Waals surface area contributed by atoms with E-state index in [1.54, 1.807) is 20.5 Å². The Morgan fingerprint density at radius 2 is 1.19 bits per heavy atom. The van der Waals surface area contributed by atoms with E-state index in [0.717, 1.165) is 0 Å². The molecule has 1 nitrogen and oxygen atoms in total. The van der Waals surface area contributed by atoms with E-state index in [2.05, 4.69) is 97.7 Å². The van der Waals surface area contributed by atoms with Crippen LogP contribution in [0.25, 0.3) is 0 Å². The summed E-state index contributed by atoms with van der Waals surface area (Å²) in [7, 11) is 0. The molecular weight excluding hydrogens is 629 g/mol. The number of rotatable bonds is 11. The molecule has 0 spiro atoms. The van der Waals surface area contributed by atoms with Crippen LogP contribution in [0.5, 0.6) is 0 Å². The second-order valence-electron chi connectivity index (χ2n) is 9.10. The molecule has 4 heteroatoms. The van der Waals surface area contributed by atoms with Gasteiger partial charge in [-0.1, -0.05) is 0 Å². The van der Waals surface area contributed by atoms with Crippen LogP contribution in [0.3, 0.4) is 0 Å². The van der Waals surface area contributed by atoms with Crippen LogP contribution in [0.1, 0.15) is 59.3 Å². The number of thiophene rings is 1. The molecule has 0 amide bonds. The molecule has 0 atom stereocenters. The fourth-order valence-corrected chi connectivity index (χ4v) is 28.1. The zero-order chi connectivity index (χ0) is 22.4. The van der Waals surface area contributed by atoms with Gasteiger partial charge in [-0.3, -0.25) is 0 Å². The predicted molar refractivity (Wildman–Crippen MR) is 149 cm³/mol. The number of hydrogen-bond donors (Lipinski definition) is 0. The molecule has 4 rings (SSSR count). The second kappa shape index (κ2) is 11.8. The van der Waals surface area contributed by atoms with Crippen LogP contribution in [0.2, 0.25) is 13.3 Å². The van der Waals surface area contributed by atoms with Crippen molar-refractivity contribution in [2.24, 2.45) is 0 Å². The Labute approximate surface area is 213 Å². The second-order valence-corrected chi connectivity index (χ2v) is 27.4. The van der Waals surface area contributed by atoms with E-state index in [1.807, 2.05) is 2.89 Å². The quantitative estimate of drug-likeness (QED) is 0.153. The Bertz CT molecular complexity index is 947. The van der Waals surface area contributed by atoms with E-state index >= 15 is 0 Å². The zero-order valence-corrected chi connectivity index (χ0v) is 25.9. The van der Waals surface area contributed by atoms with Gasteiger partial charge in [0.25, 0.3) is 0 Å². The average molecular weight is 666 g/mol. The summed E-state index contributed by atoms with van der Waals surface area (Å²) in [5.41, 5.74) is 2.86. The summed E-state index contributed by atoms with van der Waals surface area (Å²) < 4.78 is 9.62. The number of anilines is 3. The van der Waals surface area contributed by atoms with Gasteiger partial charge in [0, 0.05) is 0 Å². The van der Waals surface area contributed by atoms with Crippen molar-refractivity contribution in [3.63, 3.8) is 0 Å². The first-order chi connectivity index (χ1) is 15.7. The molecule has 2 aromatic carbocycles. The third-order valence-electron chi connectivity index (χ3n) is 6.79. The van der Waals surface area contributed by atoms with E-state index < -0.39 is 18.4 Å². The molecule has 170 valence electrons. The van der Waals surface area contributed by atoms with Gasteiger partial charge in [-0.15, -0.1) is 0 Å². The van der Waals surface area contributed by atoms with Crippen molar-refractivity contribution in [3.8, 4) is 0 Å². The number of unbranched alkanes of at least 4 members (excludes halogenated alkanes) is 3. The van der Waals surface area contributed by atoms with Crippen molar-refractivity contribution in [1.29, 1.82) is 0 Å². The van der Waals surface area contributed by atoms with Gasteiger partial charge >= 0.3 is 215 Å². The number of benzene rings is 2. The first kappa shape index (κ1) is 24.6. The Morgan fingerprint density at radius 1 is 0.688 bits per heavy atom. The molecule has 0 aliphatic carbocycles. The predicted octanol–water partition coefficient (Wildman–Crippen LogP) is 7.24. The third kappa shape index (κ3) is 5.27. The summed E-state index contributed by atoms with van der Waals surface area (Å²) >= 11 is -0.549. The van der Waals surface area contributed by atoms with Gasteiger partial charge in [0.2, 0.25) is 0 Å². The maximum atomic E-state index is 2.59. The maximum absolute atomic E-state index is 2.59. The molecule has 0 saturated heterocycles. The van der Waals surface area contributed by atoms with Crippen LogP contribution in [0, 0.1) is 0 Å². The Kier molecular flexibility index (Phi) is 9.08. The molecule has 0 bridgehead atoms. The van der Waals surface area contributed by atoms with Crippen LogP contribution in [0.15, 0.2) is 60.7 Å². The topological polar surface area (TPSA) is 3.24 Å². The average Bonchev–Trinajstić information content (AvgIpc) is 3.32. The SMILES string of the molecule is CCC[CH2][Sn]([CH2]CCC)([CH2]CCC)[c]1ccc(N2c3ccccc3[Te]c3ccccc32)s1. The van der Waals surface area contributed by atoms with Gasteiger partial charge in [-0.05, 0) is 0 Å². The Balaban J connectivity index is 1.76. The molecule has 32 heavy (non-hydrogen) atoms. The number of nitrogens with zero attached hydrogens (tertiary/aromatic N) is 1. The molecule has 0 unspecified atom stereocenters. The Morgan fingerprint density at radius 3 is 1.69 bits per heavy atom. The van der Waals surface area contributed by atoms with E-state index in [0.29, 0.717) is 0 Å². The van der Waals surface area contributed by atoms with Crippen molar-refractivity contribution in [2.75, 3.05) is 4.90 Å². The van der Waals surface area contributed by atoms with Crippen LogP contribution >= 0.6 is 11.3 Å². The normalized spacial score (nSPS) is 13.2. The minimum atomic E-state index is -2.39. The fraction of sp³-hybridized carbons (Fsp3) is 0.429. The van der Waals surface area contributed by atoms with Crippen molar-refractivity contribution in [3.05, 3.63) is 60.7 Å². The third-order valence-corrected chi connectivity index (χ3v) is 29.4. The van der Waals surface area contributed by atoms with E-state index in [4.69, 9.17) is 0 Å². The summed E-state index contributed by atoms with van der Waals surface area (Å²) in [6.45, 7) is 7.13. The molecule has 0 saturated carbocycles. The molecule has 0 N–H and O–H groups in total. The van der Waals surface area contributed by atoms with Gasteiger partial charge in [0.1, 0.15) is 0 Å². The van der Waals surface area contributed by atoms with Crippen molar-refractivity contribution >= 4 is 77.1 Å². The van der Waals surface area contributed by atoms with E-state index in [-0.39, 0.29) is 20.9 Å². The van der Waals surface area contributed by atoms with Crippen LogP contribution in [-0.4, -0.2) is 39.3 Å². The van der Waals surface area contributed by atoms with Crippen LogP contribution < -0.4 is 15.0 Å². The van der Waals surface area contributed by atoms with Gasteiger partial charge in [-0.2, -0.15) is 0 Å². The van der Waals surface area contributed by atoms with Gasteiger partial charge in [0.05, 0.1) is 0 Å². The van der Waals surface area contributed by atoms with Gasteiger partial charge in [-0.25, -0.2) is 0 Å². The molecule has 2 heterocycles. The summed E-state index contributed by atoms with van der Waals surface area (Å²) in [6, 6.07) is 23.3. The molecule has 0 fully saturated rings. The molecule has 1 aliphatic heterocycles. The van der Waals surface area contributed by atoms with Crippen molar-refractivity contribution < 1.29 is 0 Å². The monoisotopic (exact) mass is 669 g/mol. The summed E-state index contributed by atoms with van der Waals surface area (Å²) in [5, 5.41) is 1.44. The summed E-state index contributed by atoms with van der Waals surface area (Å²) in [6.07, 6.45) is 8.30. The van der Waals surface area contributed by atoms with E-state index in [1.165, 1.54) is 54.9 Å². The molecular formula is C28H37NSSnTe. The van der Waals surface area contributed by atoms with Crippen LogP contribution in [0.4, 0.5) is 16.4 Å². The standard InChI is InChI=1S/C16H10NSTe.3C4H9.Sn/c1-3-8-14-12(6-1)17(16-10-5-11-18-16)13-7-2-4-9-15(13)19-14;3*1-3-4-2;/h1-10H;3*1,3-4H2,2H3;. The number of hydrogen-bond acceptors (Lipinski definition) is 2. The Hall–Kier alpha value is -0.472. The van der Waals surface area contributed by atoms with Gasteiger partial charge in [0.15, 0.2) is 0 Å². The summed E-state index contributed by atoms with van der Waals surface area (Å²) in [4.78, 5) is 2.59. The first-order valence-corrected chi connectivity index (χ1v) is 23.1. The first-order valence-electron chi connectivity index (χ1n) is 12.5. The van der Waals surface area contributed by atoms with Crippen molar-refractivity contribution in [1.82, 2.24) is 0 Å². The minimum absolute atomic E-state index is 0.317.